The van der Waals surface area contributed by atoms with Gasteiger partial charge in [-0.15, -0.1) is 22.9 Å². The van der Waals surface area contributed by atoms with Crippen LogP contribution in [0.3, 0.4) is 0 Å². The van der Waals surface area contributed by atoms with E-state index in [0.29, 0.717) is 5.41 Å². The molecule has 0 radical (unpaired) electrons. The molecule has 1 heterocycles. The third-order valence-electron chi connectivity index (χ3n) is 4.45. The maximum atomic E-state index is 6.28. The molecule has 1 aromatic heterocycles. The second-order valence-electron chi connectivity index (χ2n) is 5.88. The number of rotatable bonds is 6. The molecule has 0 atom stereocenters. The molecule has 0 unspecified atom stereocenters. The summed E-state index contributed by atoms with van der Waals surface area (Å²) in [6.07, 6.45) is 10.6. The molecule has 1 fully saturated rings. The summed E-state index contributed by atoms with van der Waals surface area (Å²) in [6, 6.07) is 0. The van der Waals surface area contributed by atoms with Crippen molar-refractivity contribution in [2.75, 3.05) is 5.88 Å². The molecule has 3 heteroatoms. The quantitative estimate of drug-likeness (QED) is 0.647. The van der Waals surface area contributed by atoms with Crippen molar-refractivity contribution < 1.29 is 0 Å². The zero-order valence-electron chi connectivity index (χ0n) is 11.3. The minimum absolute atomic E-state index is 0.332. The highest BCUT2D eigenvalue weighted by molar-refractivity contribution is 7.07. The highest BCUT2D eigenvalue weighted by atomic mass is 35.5. The smallest absolute Gasteiger partial charge is 0.0794 e. The first kappa shape index (κ1) is 14.3. The summed E-state index contributed by atoms with van der Waals surface area (Å²) in [5, 5.41) is 2.18. The van der Waals surface area contributed by atoms with E-state index in [1.165, 1.54) is 50.6 Å². The molecular weight excluding hydrogens is 262 g/mol. The monoisotopic (exact) mass is 285 g/mol. The Bertz CT molecular complexity index is 328. The number of unbranched alkanes of at least 4 members (excludes halogenated alkanes) is 1. The second kappa shape index (κ2) is 6.91. The largest absolute Gasteiger partial charge is 0.250 e. The number of hydrogen-bond acceptors (Lipinski definition) is 2. The van der Waals surface area contributed by atoms with E-state index in [-0.39, 0.29) is 0 Å². The molecule has 1 aliphatic carbocycles. The number of hydrogen-bond donors (Lipinski definition) is 0. The van der Waals surface area contributed by atoms with Crippen LogP contribution in [-0.2, 0) is 6.42 Å². The van der Waals surface area contributed by atoms with E-state index in [4.69, 9.17) is 11.6 Å². The molecule has 18 heavy (non-hydrogen) atoms. The third kappa shape index (κ3) is 3.71. The topological polar surface area (TPSA) is 12.9 Å². The van der Waals surface area contributed by atoms with Crippen molar-refractivity contribution in [1.82, 2.24) is 4.98 Å². The molecule has 1 saturated carbocycles. The van der Waals surface area contributed by atoms with Crippen LogP contribution in [0.25, 0.3) is 0 Å². The molecule has 0 N–H and O–H groups in total. The Balaban J connectivity index is 1.87. The number of nitrogens with zero attached hydrogens (tertiary/aromatic N) is 1. The van der Waals surface area contributed by atoms with Crippen LogP contribution in [0.1, 0.15) is 57.6 Å². The highest BCUT2D eigenvalue weighted by Gasteiger charge is 2.34. The Morgan fingerprint density at radius 2 is 2.22 bits per heavy atom. The molecule has 0 aromatic carbocycles. The van der Waals surface area contributed by atoms with Crippen LogP contribution in [0.5, 0.6) is 0 Å². The number of alkyl halides is 1. The molecule has 1 nitrogen and oxygen atoms in total. The fraction of sp³-hybridized carbons (Fsp3) is 0.800. The molecule has 0 aliphatic heterocycles. The standard InChI is InChI=1S/C15H24ClNS/c1-2-3-4-13-5-7-15(11-16,8-6-13)9-14-10-18-12-17-14/h10,12-13H,2-9,11H2,1H3. The maximum absolute atomic E-state index is 6.28. The Morgan fingerprint density at radius 1 is 1.44 bits per heavy atom. The summed E-state index contributed by atoms with van der Waals surface area (Å²) in [4.78, 5) is 4.43. The van der Waals surface area contributed by atoms with Crippen molar-refractivity contribution in [1.29, 1.82) is 0 Å². The van der Waals surface area contributed by atoms with Gasteiger partial charge in [-0.05, 0) is 43.4 Å². The van der Waals surface area contributed by atoms with Gasteiger partial charge in [-0.25, -0.2) is 4.98 Å². The zero-order valence-corrected chi connectivity index (χ0v) is 12.9. The normalized spacial score (nSPS) is 28.4. The van der Waals surface area contributed by atoms with E-state index in [2.05, 4.69) is 17.3 Å². The lowest BCUT2D eigenvalue weighted by Crippen LogP contribution is -2.31. The van der Waals surface area contributed by atoms with Gasteiger partial charge in [0, 0.05) is 11.3 Å². The predicted octanol–water partition coefficient (Wildman–Crippen LogP) is 5.29. The SMILES string of the molecule is CCCCC1CCC(CCl)(Cc2cscn2)CC1. The minimum atomic E-state index is 0.332. The third-order valence-corrected chi connectivity index (χ3v) is 5.66. The number of halogens is 1. The van der Waals surface area contributed by atoms with Crippen molar-refractivity contribution in [3.63, 3.8) is 0 Å². The molecule has 2 rings (SSSR count). The van der Waals surface area contributed by atoms with Gasteiger partial charge in [0.15, 0.2) is 0 Å². The predicted molar refractivity (Wildman–Crippen MR) is 80.5 cm³/mol. The molecular formula is C15H24ClNS. The van der Waals surface area contributed by atoms with Crippen LogP contribution >= 0.6 is 22.9 Å². The summed E-state index contributed by atoms with van der Waals surface area (Å²) in [6.45, 7) is 2.29. The van der Waals surface area contributed by atoms with E-state index >= 15 is 0 Å². The lowest BCUT2D eigenvalue weighted by atomic mass is 9.68. The summed E-state index contributed by atoms with van der Waals surface area (Å²) in [5.41, 5.74) is 3.51. The summed E-state index contributed by atoms with van der Waals surface area (Å²) < 4.78 is 0. The lowest BCUT2D eigenvalue weighted by Gasteiger charge is -2.38. The second-order valence-corrected chi connectivity index (χ2v) is 6.86. The van der Waals surface area contributed by atoms with E-state index in [0.717, 1.165) is 18.2 Å². The van der Waals surface area contributed by atoms with E-state index in [1.807, 2.05) is 5.51 Å². The molecule has 1 aliphatic rings. The Kier molecular flexibility index (Phi) is 5.50. The fourth-order valence-corrected chi connectivity index (χ4v) is 4.06. The van der Waals surface area contributed by atoms with E-state index < -0.39 is 0 Å². The number of thiazole rings is 1. The first-order valence-corrected chi connectivity index (χ1v) is 8.69. The van der Waals surface area contributed by atoms with Crippen molar-refractivity contribution in [3.8, 4) is 0 Å². The van der Waals surface area contributed by atoms with Gasteiger partial charge in [0.05, 0.1) is 11.2 Å². The molecule has 0 bridgehead atoms. The van der Waals surface area contributed by atoms with Crippen LogP contribution in [0.2, 0.25) is 0 Å². The van der Waals surface area contributed by atoms with Crippen LogP contribution in [-0.4, -0.2) is 10.9 Å². The van der Waals surface area contributed by atoms with Gasteiger partial charge < -0.3 is 0 Å². The summed E-state index contributed by atoms with van der Waals surface area (Å²) in [5.74, 6) is 1.75. The van der Waals surface area contributed by atoms with Gasteiger partial charge in [-0.2, -0.15) is 0 Å². The van der Waals surface area contributed by atoms with Crippen LogP contribution in [0.4, 0.5) is 0 Å². The average molecular weight is 286 g/mol. The highest BCUT2D eigenvalue weighted by Crippen LogP contribution is 2.43. The van der Waals surface area contributed by atoms with Crippen molar-refractivity contribution in [2.24, 2.45) is 11.3 Å². The summed E-state index contributed by atoms with van der Waals surface area (Å²) >= 11 is 7.98. The Hall–Kier alpha value is -0.0800. The van der Waals surface area contributed by atoms with Gasteiger partial charge in [-0.1, -0.05) is 26.2 Å². The average Bonchev–Trinajstić information content (AvgIpc) is 2.91. The Labute approximate surface area is 120 Å². The van der Waals surface area contributed by atoms with Crippen molar-refractivity contribution >= 4 is 22.9 Å². The first-order chi connectivity index (χ1) is 8.78. The van der Waals surface area contributed by atoms with Gasteiger partial charge in [0.1, 0.15) is 0 Å². The fourth-order valence-electron chi connectivity index (χ4n) is 3.14. The minimum Gasteiger partial charge on any atom is -0.250 e. The van der Waals surface area contributed by atoms with Gasteiger partial charge >= 0.3 is 0 Å². The van der Waals surface area contributed by atoms with Crippen LogP contribution < -0.4 is 0 Å². The van der Waals surface area contributed by atoms with Crippen molar-refractivity contribution in [3.05, 3.63) is 16.6 Å². The van der Waals surface area contributed by atoms with Gasteiger partial charge in [-0.3, -0.25) is 0 Å². The Morgan fingerprint density at radius 3 is 2.78 bits per heavy atom. The van der Waals surface area contributed by atoms with Gasteiger partial charge in [0.25, 0.3) is 0 Å². The van der Waals surface area contributed by atoms with Crippen LogP contribution in [0.15, 0.2) is 10.9 Å². The van der Waals surface area contributed by atoms with Gasteiger partial charge in [0.2, 0.25) is 0 Å². The van der Waals surface area contributed by atoms with E-state index in [9.17, 15) is 0 Å². The van der Waals surface area contributed by atoms with Crippen LogP contribution in [0, 0.1) is 11.3 Å². The molecule has 0 spiro atoms. The molecule has 102 valence electrons. The van der Waals surface area contributed by atoms with E-state index in [1.54, 1.807) is 11.3 Å². The number of aromatic nitrogens is 1. The lowest BCUT2D eigenvalue weighted by molar-refractivity contribution is 0.165. The molecule has 1 aromatic rings. The zero-order chi connectivity index (χ0) is 12.8. The molecule has 0 amide bonds. The van der Waals surface area contributed by atoms with Crippen molar-refractivity contribution in [2.45, 2.75) is 58.3 Å². The summed E-state index contributed by atoms with van der Waals surface area (Å²) in [7, 11) is 0. The molecule has 0 saturated heterocycles. The first-order valence-electron chi connectivity index (χ1n) is 7.21. The maximum Gasteiger partial charge on any atom is 0.0794 e.